The number of nitrogens with two attached hydrogens (primary N) is 1. The Hall–Kier alpha value is -2.09. The summed E-state index contributed by atoms with van der Waals surface area (Å²) >= 11 is 0. The van der Waals surface area contributed by atoms with E-state index in [-0.39, 0.29) is 37.4 Å². The van der Waals surface area contributed by atoms with Gasteiger partial charge in [-0.3, -0.25) is 9.59 Å². The van der Waals surface area contributed by atoms with E-state index in [4.69, 9.17) is 5.73 Å². The monoisotopic (exact) mass is 357 g/mol. The Bertz CT molecular complexity index is 648. The molecule has 0 spiro atoms. The van der Waals surface area contributed by atoms with Gasteiger partial charge in [-0.15, -0.1) is 0 Å². The zero-order valence-electron chi connectivity index (χ0n) is 14.2. The Balaban J connectivity index is 2.05. The van der Waals surface area contributed by atoms with Gasteiger partial charge in [0.2, 0.25) is 11.8 Å². The molecule has 2 amide bonds. The number of hydrogen-bond donors (Lipinski definition) is 1. The highest BCUT2D eigenvalue weighted by atomic mass is 19.4. The fourth-order valence-electron chi connectivity index (χ4n) is 2.82. The van der Waals surface area contributed by atoms with Gasteiger partial charge in [0.15, 0.2) is 0 Å². The van der Waals surface area contributed by atoms with E-state index in [1.54, 1.807) is 13.1 Å². The number of likely N-dealkylation sites (N-methyl/N-ethyl adjacent to an activating group) is 1. The molecule has 0 aliphatic carbocycles. The van der Waals surface area contributed by atoms with E-state index in [0.29, 0.717) is 12.1 Å². The normalized spacial score (nSPS) is 19.2. The fourth-order valence-corrected chi connectivity index (χ4v) is 2.82. The van der Waals surface area contributed by atoms with Gasteiger partial charge in [0.25, 0.3) is 0 Å². The number of halogens is 3. The quantitative estimate of drug-likeness (QED) is 0.875. The topological polar surface area (TPSA) is 66.6 Å². The van der Waals surface area contributed by atoms with Crippen LogP contribution in [0.4, 0.5) is 13.2 Å². The molecule has 2 atom stereocenters. The maximum Gasteiger partial charge on any atom is 0.416 e. The Morgan fingerprint density at radius 2 is 2.12 bits per heavy atom. The van der Waals surface area contributed by atoms with Gasteiger partial charge in [-0.1, -0.05) is 12.1 Å². The van der Waals surface area contributed by atoms with Gasteiger partial charge in [0, 0.05) is 39.1 Å². The van der Waals surface area contributed by atoms with Crippen LogP contribution in [0.1, 0.15) is 24.5 Å². The molecule has 5 nitrogen and oxygen atoms in total. The molecule has 2 rings (SSSR count). The number of carbonyl (C=O) groups is 2. The molecule has 0 radical (unpaired) electrons. The molecule has 1 aromatic rings. The van der Waals surface area contributed by atoms with Gasteiger partial charge in [-0.25, -0.2) is 0 Å². The van der Waals surface area contributed by atoms with Crippen molar-refractivity contribution in [2.45, 2.75) is 32.1 Å². The first-order valence-electron chi connectivity index (χ1n) is 8.04. The van der Waals surface area contributed by atoms with E-state index in [0.717, 1.165) is 12.1 Å². The molecule has 138 valence electrons. The first-order valence-corrected chi connectivity index (χ1v) is 8.04. The number of benzene rings is 1. The largest absolute Gasteiger partial charge is 0.416 e. The number of alkyl halides is 3. The Labute approximate surface area is 144 Å². The molecule has 1 heterocycles. The Morgan fingerprint density at radius 3 is 2.72 bits per heavy atom. The number of carbonyl (C=O) groups excluding carboxylic acids is 2. The minimum atomic E-state index is -4.43. The number of hydrogen-bond acceptors (Lipinski definition) is 3. The van der Waals surface area contributed by atoms with Gasteiger partial charge in [-0.2, -0.15) is 13.2 Å². The summed E-state index contributed by atoms with van der Waals surface area (Å²) < 4.78 is 38.3. The summed E-state index contributed by atoms with van der Waals surface area (Å²) in [5, 5.41) is 0. The first-order chi connectivity index (χ1) is 11.6. The third-order valence-corrected chi connectivity index (χ3v) is 4.54. The maximum absolute atomic E-state index is 12.8. The van der Waals surface area contributed by atoms with Crippen molar-refractivity contribution in [2.24, 2.45) is 11.7 Å². The van der Waals surface area contributed by atoms with Crippen molar-refractivity contribution < 1.29 is 22.8 Å². The van der Waals surface area contributed by atoms with E-state index in [9.17, 15) is 22.8 Å². The van der Waals surface area contributed by atoms with E-state index in [1.165, 1.54) is 15.9 Å². The lowest BCUT2D eigenvalue weighted by atomic mass is 10.1. The molecule has 1 aliphatic heterocycles. The summed E-state index contributed by atoms with van der Waals surface area (Å²) in [5.74, 6) is -0.889. The highest BCUT2D eigenvalue weighted by Gasteiger charge is 2.37. The number of amides is 2. The molecule has 1 aliphatic rings. The number of nitrogens with zero attached hydrogens (tertiary/aromatic N) is 2. The molecule has 0 saturated carbocycles. The lowest BCUT2D eigenvalue weighted by molar-refractivity contribution is -0.137. The molecule has 25 heavy (non-hydrogen) atoms. The molecular formula is C17H22F3N3O2. The first kappa shape index (κ1) is 19.2. The minimum absolute atomic E-state index is 0.0582. The van der Waals surface area contributed by atoms with Crippen molar-refractivity contribution in [2.75, 3.05) is 20.1 Å². The van der Waals surface area contributed by atoms with Crippen LogP contribution in [0, 0.1) is 5.92 Å². The summed E-state index contributed by atoms with van der Waals surface area (Å²) in [6.45, 7) is 2.39. The standard InChI is InChI=1S/C17H22F3N3O2/c1-11(8-21)22(2)16(25)13-7-15(24)23(10-13)9-12-4-3-5-14(6-12)17(18,19)20/h3-6,11,13H,7-10,21H2,1-2H3. The summed E-state index contributed by atoms with van der Waals surface area (Å²) in [5.41, 5.74) is 5.19. The zero-order chi connectivity index (χ0) is 18.8. The third-order valence-electron chi connectivity index (χ3n) is 4.54. The van der Waals surface area contributed by atoms with Crippen LogP contribution in [0.2, 0.25) is 0 Å². The predicted molar refractivity (Wildman–Crippen MR) is 86.3 cm³/mol. The fraction of sp³-hybridized carbons (Fsp3) is 0.529. The summed E-state index contributed by atoms with van der Waals surface area (Å²) in [7, 11) is 1.64. The van der Waals surface area contributed by atoms with Crippen LogP contribution in [-0.2, 0) is 22.3 Å². The zero-order valence-corrected chi connectivity index (χ0v) is 14.2. The van der Waals surface area contributed by atoms with E-state index in [2.05, 4.69) is 0 Å². The summed E-state index contributed by atoms with van der Waals surface area (Å²) in [6.07, 6.45) is -4.36. The average molecular weight is 357 g/mol. The lowest BCUT2D eigenvalue weighted by Crippen LogP contribution is -2.43. The Morgan fingerprint density at radius 1 is 1.44 bits per heavy atom. The molecule has 2 N–H and O–H groups in total. The molecule has 8 heteroatoms. The molecule has 0 bridgehead atoms. The minimum Gasteiger partial charge on any atom is -0.341 e. The highest BCUT2D eigenvalue weighted by Crippen LogP contribution is 2.30. The number of likely N-dealkylation sites (tertiary alicyclic amines) is 1. The second kappa shape index (κ2) is 7.43. The molecule has 1 aromatic carbocycles. The van der Waals surface area contributed by atoms with Crippen molar-refractivity contribution in [3.63, 3.8) is 0 Å². The van der Waals surface area contributed by atoms with Crippen molar-refractivity contribution in [1.29, 1.82) is 0 Å². The smallest absolute Gasteiger partial charge is 0.341 e. The van der Waals surface area contributed by atoms with Crippen LogP contribution < -0.4 is 5.73 Å². The Kier molecular flexibility index (Phi) is 5.72. The van der Waals surface area contributed by atoms with Crippen LogP contribution in [-0.4, -0.2) is 47.8 Å². The van der Waals surface area contributed by atoms with Crippen LogP contribution >= 0.6 is 0 Å². The van der Waals surface area contributed by atoms with Gasteiger partial charge in [0.1, 0.15) is 0 Å². The molecule has 0 aromatic heterocycles. The van der Waals surface area contributed by atoms with Crippen molar-refractivity contribution in [3.05, 3.63) is 35.4 Å². The maximum atomic E-state index is 12.8. The number of rotatable bonds is 5. The SMILES string of the molecule is CC(CN)N(C)C(=O)C1CC(=O)N(Cc2cccc(C(F)(F)F)c2)C1. The van der Waals surface area contributed by atoms with Crippen molar-refractivity contribution >= 4 is 11.8 Å². The van der Waals surface area contributed by atoms with Crippen molar-refractivity contribution in [3.8, 4) is 0 Å². The van der Waals surface area contributed by atoms with Crippen LogP contribution in [0.5, 0.6) is 0 Å². The van der Waals surface area contributed by atoms with Gasteiger partial charge >= 0.3 is 6.18 Å². The van der Waals surface area contributed by atoms with Gasteiger partial charge < -0.3 is 15.5 Å². The third kappa shape index (κ3) is 4.50. The predicted octanol–water partition coefficient (Wildman–Crippen LogP) is 1.86. The van der Waals surface area contributed by atoms with Gasteiger partial charge in [0.05, 0.1) is 11.5 Å². The van der Waals surface area contributed by atoms with Crippen molar-refractivity contribution in [1.82, 2.24) is 9.80 Å². The second-order valence-corrected chi connectivity index (χ2v) is 6.41. The van der Waals surface area contributed by atoms with E-state index in [1.807, 2.05) is 6.92 Å². The van der Waals surface area contributed by atoms with Crippen LogP contribution in [0.15, 0.2) is 24.3 Å². The molecule has 1 fully saturated rings. The molecular weight excluding hydrogens is 335 g/mol. The van der Waals surface area contributed by atoms with E-state index >= 15 is 0 Å². The average Bonchev–Trinajstić information content (AvgIpc) is 2.93. The lowest BCUT2D eigenvalue weighted by Gasteiger charge is -2.26. The molecule has 1 saturated heterocycles. The highest BCUT2D eigenvalue weighted by molar-refractivity contribution is 5.89. The van der Waals surface area contributed by atoms with Crippen LogP contribution in [0.25, 0.3) is 0 Å². The van der Waals surface area contributed by atoms with E-state index < -0.39 is 17.7 Å². The summed E-state index contributed by atoms with van der Waals surface area (Å²) in [4.78, 5) is 27.5. The second-order valence-electron chi connectivity index (χ2n) is 6.41. The van der Waals surface area contributed by atoms with Crippen LogP contribution in [0.3, 0.4) is 0 Å². The summed E-state index contributed by atoms with van der Waals surface area (Å²) in [6, 6.07) is 4.74. The van der Waals surface area contributed by atoms with Gasteiger partial charge in [-0.05, 0) is 24.6 Å². The molecule has 2 unspecified atom stereocenters.